The van der Waals surface area contributed by atoms with E-state index < -0.39 is 12.1 Å². The van der Waals surface area contributed by atoms with Gasteiger partial charge < -0.3 is 14.9 Å². The predicted octanol–water partition coefficient (Wildman–Crippen LogP) is 1.30. The Morgan fingerprint density at radius 3 is 2.80 bits per heavy atom. The average Bonchev–Trinajstić information content (AvgIpc) is 2.21. The second-order valence-corrected chi connectivity index (χ2v) is 3.36. The smallest absolute Gasteiger partial charge is 0.308 e. The van der Waals surface area contributed by atoms with Gasteiger partial charge >= 0.3 is 5.97 Å². The van der Waals surface area contributed by atoms with E-state index in [9.17, 15) is 15.0 Å². The Bertz CT molecular complexity index is 360. The maximum atomic E-state index is 10.9. The minimum Gasteiger partial charge on any atom is -0.508 e. The zero-order chi connectivity index (χ0) is 11.4. The number of aromatic hydroxyl groups is 1. The number of rotatable bonds is 3. The van der Waals surface area contributed by atoms with Crippen LogP contribution in [0.25, 0.3) is 0 Å². The quantitative estimate of drug-likeness (QED) is 0.738. The van der Waals surface area contributed by atoms with Gasteiger partial charge in [0.2, 0.25) is 0 Å². The topological polar surface area (TPSA) is 66.8 Å². The van der Waals surface area contributed by atoms with Crippen molar-refractivity contribution in [2.24, 2.45) is 0 Å². The summed E-state index contributed by atoms with van der Waals surface area (Å²) in [5.74, 6) is -0.527. The van der Waals surface area contributed by atoms with Crippen molar-refractivity contribution >= 4 is 5.97 Å². The molecule has 0 aromatic heterocycles. The first-order valence-electron chi connectivity index (χ1n) is 4.59. The van der Waals surface area contributed by atoms with Crippen molar-refractivity contribution in [1.29, 1.82) is 0 Å². The zero-order valence-electron chi connectivity index (χ0n) is 8.73. The van der Waals surface area contributed by atoms with Gasteiger partial charge in [0, 0.05) is 5.56 Å². The highest BCUT2D eigenvalue weighted by Gasteiger charge is 2.16. The van der Waals surface area contributed by atoms with Crippen LogP contribution in [0.4, 0.5) is 0 Å². The fourth-order valence-electron chi connectivity index (χ4n) is 1.29. The lowest BCUT2D eigenvalue weighted by molar-refractivity contribution is -0.142. The first-order chi connectivity index (χ1) is 7.04. The van der Waals surface area contributed by atoms with Crippen LogP contribution in [0, 0.1) is 6.92 Å². The van der Waals surface area contributed by atoms with Gasteiger partial charge in [-0.2, -0.15) is 0 Å². The number of aliphatic hydroxyl groups excluding tert-OH is 1. The van der Waals surface area contributed by atoms with Gasteiger partial charge in [-0.05, 0) is 19.1 Å². The highest BCUT2D eigenvalue weighted by molar-refractivity contribution is 5.70. The molecule has 0 heterocycles. The van der Waals surface area contributed by atoms with E-state index in [1.165, 1.54) is 13.2 Å². The first kappa shape index (κ1) is 11.5. The van der Waals surface area contributed by atoms with Crippen LogP contribution in [0.15, 0.2) is 18.2 Å². The van der Waals surface area contributed by atoms with Crippen LogP contribution in [0.3, 0.4) is 0 Å². The molecule has 0 saturated carbocycles. The Morgan fingerprint density at radius 1 is 1.53 bits per heavy atom. The number of carbonyl (C=O) groups excluding carboxylic acids is 1. The van der Waals surface area contributed by atoms with Crippen LogP contribution >= 0.6 is 0 Å². The molecule has 82 valence electrons. The average molecular weight is 210 g/mol. The van der Waals surface area contributed by atoms with Crippen molar-refractivity contribution in [3.05, 3.63) is 29.3 Å². The van der Waals surface area contributed by atoms with E-state index in [1.54, 1.807) is 12.1 Å². The third-order valence-electron chi connectivity index (χ3n) is 2.13. The summed E-state index contributed by atoms with van der Waals surface area (Å²) in [4.78, 5) is 10.9. The Kier molecular flexibility index (Phi) is 3.68. The molecule has 0 aliphatic heterocycles. The minimum atomic E-state index is -1.03. The Hall–Kier alpha value is -1.55. The third kappa shape index (κ3) is 2.95. The standard InChI is InChI=1S/C11H14O4/c1-7-3-4-9(12)8(5-7)10(13)6-11(14)15-2/h3-5,10,12-13H,6H2,1-2H3. The summed E-state index contributed by atoms with van der Waals surface area (Å²) in [5.41, 5.74) is 1.26. The normalized spacial score (nSPS) is 12.2. The molecule has 0 aliphatic carbocycles. The molecular weight excluding hydrogens is 196 g/mol. The lowest BCUT2D eigenvalue weighted by atomic mass is 10.0. The summed E-state index contributed by atoms with van der Waals surface area (Å²) in [5, 5.41) is 19.1. The molecule has 0 spiro atoms. The number of hydrogen-bond donors (Lipinski definition) is 2. The number of carbonyl (C=O) groups is 1. The number of benzene rings is 1. The Balaban J connectivity index is 2.85. The molecule has 0 radical (unpaired) electrons. The van der Waals surface area contributed by atoms with E-state index in [2.05, 4.69) is 4.74 Å². The van der Waals surface area contributed by atoms with Crippen LogP contribution in [0.2, 0.25) is 0 Å². The van der Waals surface area contributed by atoms with Crippen LogP contribution < -0.4 is 0 Å². The lowest BCUT2D eigenvalue weighted by Crippen LogP contribution is -2.08. The van der Waals surface area contributed by atoms with Crippen molar-refractivity contribution in [1.82, 2.24) is 0 Å². The Morgan fingerprint density at radius 2 is 2.20 bits per heavy atom. The van der Waals surface area contributed by atoms with Gasteiger partial charge in [0.1, 0.15) is 5.75 Å². The van der Waals surface area contributed by atoms with Crippen LogP contribution in [-0.4, -0.2) is 23.3 Å². The van der Waals surface area contributed by atoms with E-state index in [1.807, 2.05) is 6.92 Å². The molecule has 15 heavy (non-hydrogen) atoms. The molecule has 4 nitrogen and oxygen atoms in total. The van der Waals surface area contributed by atoms with Gasteiger partial charge in [-0.25, -0.2) is 0 Å². The van der Waals surface area contributed by atoms with Gasteiger partial charge in [0.25, 0.3) is 0 Å². The van der Waals surface area contributed by atoms with Gasteiger partial charge in [-0.1, -0.05) is 11.6 Å². The molecule has 1 atom stereocenters. The summed E-state index contributed by atoms with van der Waals surface area (Å²) < 4.78 is 4.43. The molecule has 1 aromatic rings. The summed E-state index contributed by atoms with van der Waals surface area (Å²) in [6, 6.07) is 4.86. The van der Waals surface area contributed by atoms with E-state index >= 15 is 0 Å². The third-order valence-corrected chi connectivity index (χ3v) is 2.13. The summed E-state index contributed by atoms with van der Waals surface area (Å²) in [6.07, 6.45) is -1.19. The second kappa shape index (κ2) is 4.79. The number of aliphatic hydroxyl groups is 1. The van der Waals surface area contributed by atoms with E-state index in [4.69, 9.17) is 0 Å². The van der Waals surface area contributed by atoms with Gasteiger partial charge in [-0.3, -0.25) is 4.79 Å². The number of phenols is 1. The first-order valence-corrected chi connectivity index (χ1v) is 4.59. The maximum absolute atomic E-state index is 10.9. The zero-order valence-corrected chi connectivity index (χ0v) is 8.73. The number of esters is 1. The van der Waals surface area contributed by atoms with Crippen LogP contribution in [0.5, 0.6) is 5.75 Å². The van der Waals surface area contributed by atoms with Gasteiger partial charge in [0.05, 0.1) is 19.6 Å². The van der Waals surface area contributed by atoms with Crippen molar-refractivity contribution < 1.29 is 19.7 Å². The predicted molar refractivity (Wildman–Crippen MR) is 54.4 cm³/mol. The van der Waals surface area contributed by atoms with Gasteiger partial charge in [0.15, 0.2) is 0 Å². The molecule has 0 saturated heterocycles. The maximum Gasteiger partial charge on any atom is 0.308 e. The molecule has 0 aliphatic rings. The van der Waals surface area contributed by atoms with Crippen LogP contribution in [-0.2, 0) is 9.53 Å². The van der Waals surface area contributed by atoms with Crippen molar-refractivity contribution in [2.45, 2.75) is 19.4 Å². The van der Waals surface area contributed by atoms with E-state index in [-0.39, 0.29) is 12.2 Å². The van der Waals surface area contributed by atoms with Crippen LogP contribution in [0.1, 0.15) is 23.7 Å². The SMILES string of the molecule is COC(=O)CC(O)c1cc(C)ccc1O. The molecule has 1 rings (SSSR count). The minimum absolute atomic E-state index is 0.0167. The lowest BCUT2D eigenvalue weighted by Gasteiger charge is -2.11. The molecule has 0 bridgehead atoms. The monoisotopic (exact) mass is 210 g/mol. The highest BCUT2D eigenvalue weighted by atomic mass is 16.5. The molecular formula is C11H14O4. The van der Waals surface area contributed by atoms with Gasteiger partial charge in [-0.15, -0.1) is 0 Å². The molecule has 1 unspecified atom stereocenters. The van der Waals surface area contributed by atoms with Crippen molar-refractivity contribution in [2.75, 3.05) is 7.11 Å². The number of ether oxygens (including phenoxy) is 1. The van der Waals surface area contributed by atoms with E-state index in [0.717, 1.165) is 5.56 Å². The van der Waals surface area contributed by atoms with Crippen molar-refractivity contribution in [3.8, 4) is 5.75 Å². The number of hydrogen-bond acceptors (Lipinski definition) is 4. The molecule has 2 N–H and O–H groups in total. The molecule has 0 amide bonds. The highest BCUT2D eigenvalue weighted by Crippen LogP contribution is 2.27. The number of aryl methyl sites for hydroxylation is 1. The number of phenolic OH excluding ortho intramolecular Hbond substituents is 1. The largest absolute Gasteiger partial charge is 0.508 e. The molecule has 4 heteroatoms. The number of methoxy groups -OCH3 is 1. The Labute approximate surface area is 88.1 Å². The summed E-state index contributed by atoms with van der Waals surface area (Å²) >= 11 is 0. The van der Waals surface area contributed by atoms with Crippen molar-refractivity contribution in [3.63, 3.8) is 0 Å². The molecule has 0 fully saturated rings. The fraction of sp³-hybridized carbons (Fsp3) is 0.364. The summed E-state index contributed by atoms with van der Waals surface area (Å²) in [6.45, 7) is 1.84. The molecule has 1 aromatic carbocycles. The second-order valence-electron chi connectivity index (χ2n) is 3.36. The summed E-state index contributed by atoms with van der Waals surface area (Å²) in [7, 11) is 1.26. The van der Waals surface area contributed by atoms with E-state index in [0.29, 0.717) is 5.56 Å². The fourth-order valence-corrected chi connectivity index (χ4v) is 1.29.